The van der Waals surface area contributed by atoms with Crippen LogP contribution in [0.2, 0.25) is 0 Å². The van der Waals surface area contributed by atoms with Gasteiger partial charge in [-0.05, 0) is 77.8 Å². The number of nitrogens with zero attached hydrogens (tertiary/aromatic N) is 1. The molecule has 3 atom stereocenters. The molecule has 2 saturated carbocycles. The number of nitrogens with one attached hydrogen (secondary N) is 1. The first-order valence-corrected chi connectivity index (χ1v) is 14.4. The van der Waals surface area contributed by atoms with Crippen LogP contribution in [0.4, 0.5) is 0 Å². The van der Waals surface area contributed by atoms with Gasteiger partial charge in [0, 0.05) is 34.4 Å². The second-order valence-electron chi connectivity index (χ2n) is 11.0. The standard InChI is InChI=1S/C25H35BrN2O3S/c1-15-8-9-18-19(16(2)28(21(18)20(15)26)12-7-13-32(6,30)31)22(29)27-23-24(3,4)17-10-11-25(23,5)14-17/h8-9,17,23H,7,10-14H2,1-6H3,(H,27,29). The maximum Gasteiger partial charge on any atom is 0.253 e. The van der Waals surface area contributed by atoms with Crippen molar-refractivity contribution >= 4 is 42.6 Å². The predicted molar refractivity (Wildman–Crippen MR) is 134 cm³/mol. The third-order valence-corrected chi connectivity index (χ3v) is 10.3. The molecule has 0 spiro atoms. The summed E-state index contributed by atoms with van der Waals surface area (Å²) in [5.74, 6) is 0.776. The van der Waals surface area contributed by atoms with Crippen molar-refractivity contribution in [1.29, 1.82) is 0 Å². The number of hydrogen-bond donors (Lipinski definition) is 1. The molecule has 2 bridgehead atoms. The van der Waals surface area contributed by atoms with E-state index in [0.29, 0.717) is 24.4 Å². The van der Waals surface area contributed by atoms with Crippen LogP contribution in [0, 0.1) is 30.6 Å². The van der Waals surface area contributed by atoms with E-state index in [2.05, 4.69) is 46.6 Å². The van der Waals surface area contributed by atoms with E-state index in [4.69, 9.17) is 0 Å². The number of hydrogen-bond acceptors (Lipinski definition) is 3. The van der Waals surface area contributed by atoms with Gasteiger partial charge in [0.25, 0.3) is 5.91 Å². The highest BCUT2D eigenvalue weighted by atomic mass is 79.9. The van der Waals surface area contributed by atoms with Gasteiger partial charge in [0.1, 0.15) is 9.84 Å². The van der Waals surface area contributed by atoms with E-state index >= 15 is 0 Å². The monoisotopic (exact) mass is 522 g/mol. The second kappa shape index (κ2) is 7.86. The van der Waals surface area contributed by atoms with Crippen molar-refractivity contribution < 1.29 is 13.2 Å². The number of fused-ring (bicyclic) bond motifs is 3. The third kappa shape index (κ3) is 3.83. The molecule has 4 rings (SSSR count). The van der Waals surface area contributed by atoms with Crippen LogP contribution in [-0.4, -0.2) is 36.9 Å². The summed E-state index contributed by atoms with van der Waals surface area (Å²) in [5, 5.41) is 4.37. The molecule has 2 aromatic rings. The maximum absolute atomic E-state index is 13.7. The quantitative estimate of drug-likeness (QED) is 0.552. The molecular weight excluding hydrogens is 488 g/mol. The zero-order chi connectivity index (χ0) is 23.6. The van der Waals surface area contributed by atoms with Crippen molar-refractivity contribution in [3.8, 4) is 0 Å². The van der Waals surface area contributed by atoms with Crippen molar-refractivity contribution in [3.63, 3.8) is 0 Å². The molecule has 2 fully saturated rings. The zero-order valence-electron chi connectivity index (χ0n) is 20.0. The van der Waals surface area contributed by atoms with Crippen LogP contribution >= 0.6 is 15.9 Å². The van der Waals surface area contributed by atoms with Gasteiger partial charge in [-0.1, -0.05) is 32.9 Å². The Labute approximate surface area is 200 Å². The smallest absolute Gasteiger partial charge is 0.253 e. The Morgan fingerprint density at radius 1 is 1.25 bits per heavy atom. The molecule has 2 aliphatic rings. The number of aromatic nitrogens is 1. The first-order chi connectivity index (χ1) is 14.8. The van der Waals surface area contributed by atoms with Gasteiger partial charge in [0.2, 0.25) is 0 Å². The van der Waals surface area contributed by atoms with Crippen molar-refractivity contribution in [2.75, 3.05) is 12.0 Å². The number of carbonyl (C=O) groups excluding carboxylic acids is 1. The van der Waals surface area contributed by atoms with Crippen molar-refractivity contribution in [2.45, 2.75) is 72.9 Å². The molecule has 7 heteroatoms. The number of amides is 1. The summed E-state index contributed by atoms with van der Waals surface area (Å²) in [5.41, 5.74) is 3.91. The molecule has 176 valence electrons. The minimum atomic E-state index is -3.03. The van der Waals surface area contributed by atoms with Gasteiger partial charge >= 0.3 is 0 Å². The Kier molecular flexibility index (Phi) is 5.85. The highest BCUT2D eigenvalue weighted by molar-refractivity contribution is 9.10. The number of aryl methyl sites for hydroxylation is 2. The van der Waals surface area contributed by atoms with Crippen LogP contribution in [-0.2, 0) is 16.4 Å². The summed E-state index contributed by atoms with van der Waals surface area (Å²) in [6, 6.07) is 4.21. The molecule has 2 aliphatic carbocycles. The molecule has 1 heterocycles. The molecule has 0 aliphatic heterocycles. The summed E-state index contributed by atoms with van der Waals surface area (Å²) in [4.78, 5) is 13.7. The van der Waals surface area contributed by atoms with Crippen molar-refractivity contribution in [2.24, 2.45) is 16.7 Å². The number of benzene rings is 1. The highest BCUT2D eigenvalue weighted by Crippen LogP contribution is 2.62. The molecular formula is C25H35BrN2O3S. The Bertz CT molecular complexity index is 1190. The number of halogens is 1. The Morgan fingerprint density at radius 2 is 1.94 bits per heavy atom. The van der Waals surface area contributed by atoms with E-state index < -0.39 is 9.84 Å². The zero-order valence-corrected chi connectivity index (χ0v) is 22.4. The normalized spacial score (nSPS) is 26.7. The second-order valence-corrected chi connectivity index (χ2v) is 14.1. The Hall–Kier alpha value is -1.34. The molecule has 1 amide bonds. The highest BCUT2D eigenvalue weighted by Gasteiger charge is 2.59. The van der Waals surface area contributed by atoms with E-state index in [0.717, 1.165) is 26.6 Å². The molecule has 1 aromatic heterocycles. The minimum Gasteiger partial charge on any atom is -0.348 e. The summed E-state index contributed by atoms with van der Waals surface area (Å²) in [6.07, 6.45) is 5.39. The lowest BCUT2D eigenvalue weighted by molar-refractivity contribution is 0.0738. The summed E-state index contributed by atoms with van der Waals surface area (Å²) >= 11 is 3.73. The predicted octanol–water partition coefficient (Wildman–Crippen LogP) is 5.40. The average molecular weight is 524 g/mol. The van der Waals surface area contributed by atoms with Gasteiger partial charge in [0.05, 0.1) is 16.8 Å². The first kappa shape index (κ1) is 23.8. The fraction of sp³-hybridized carbons (Fsp3) is 0.640. The van der Waals surface area contributed by atoms with Gasteiger partial charge in [-0.3, -0.25) is 4.79 Å². The van der Waals surface area contributed by atoms with E-state index in [-0.39, 0.29) is 28.5 Å². The number of rotatable bonds is 6. The lowest BCUT2D eigenvalue weighted by Gasteiger charge is -2.43. The van der Waals surface area contributed by atoms with Crippen LogP contribution in [0.5, 0.6) is 0 Å². The van der Waals surface area contributed by atoms with E-state index in [1.54, 1.807) is 0 Å². The maximum atomic E-state index is 13.7. The summed E-state index contributed by atoms with van der Waals surface area (Å²) < 4.78 is 26.4. The molecule has 0 radical (unpaired) electrons. The number of carbonyl (C=O) groups is 1. The molecule has 5 nitrogen and oxygen atoms in total. The molecule has 0 saturated heterocycles. The van der Waals surface area contributed by atoms with Crippen molar-refractivity contribution in [1.82, 2.24) is 9.88 Å². The van der Waals surface area contributed by atoms with Crippen LogP contribution in [0.1, 0.15) is 68.1 Å². The van der Waals surface area contributed by atoms with Crippen LogP contribution < -0.4 is 5.32 Å². The topological polar surface area (TPSA) is 68.2 Å². The minimum absolute atomic E-state index is 0.0167. The summed E-state index contributed by atoms with van der Waals surface area (Å²) in [7, 11) is -3.03. The van der Waals surface area contributed by atoms with Crippen LogP contribution in [0.25, 0.3) is 10.9 Å². The molecule has 1 N–H and O–H groups in total. The fourth-order valence-corrected chi connectivity index (χ4v) is 7.76. The Balaban J connectivity index is 1.73. The Morgan fingerprint density at radius 3 is 2.53 bits per heavy atom. The SMILES string of the molecule is Cc1ccc2c(C(=O)NC3C4(C)CCC(C4)C3(C)C)c(C)n(CCCS(C)(=O)=O)c2c1Br. The van der Waals surface area contributed by atoms with E-state index in [9.17, 15) is 13.2 Å². The average Bonchev–Trinajstić information content (AvgIpc) is 3.26. The van der Waals surface area contributed by atoms with Crippen molar-refractivity contribution in [3.05, 3.63) is 33.4 Å². The molecule has 3 unspecified atom stereocenters. The molecule has 1 aromatic carbocycles. The van der Waals surface area contributed by atoms with E-state index in [1.807, 2.05) is 26.0 Å². The van der Waals surface area contributed by atoms with Gasteiger partial charge in [-0.15, -0.1) is 0 Å². The van der Waals surface area contributed by atoms with Crippen LogP contribution in [0.3, 0.4) is 0 Å². The first-order valence-electron chi connectivity index (χ1n) is 11.5. The van der Waals surface area contributed by atoms with Crippen LogP contribution in [0.15, 0.2) is 16.6 Å². The number of sulfone groups is 1. The van der Waals surface area contributed by atoms with Gasteiger partial charge in [-0.25, -0.2) is 8.42 Å². The lowest BCUT2D eigenvalue weighted by Crippen LogP contribution is -2.52. The van der Waals surface area contributed by atoms with Gasteiger partial charge in [0.15, 0.2) is 0 Å². The fourth-order valence-electron chi connectivity index (χ4n) is 6.55. The lowest BCUT2D eigenvalue weighted by atomic mass is 9.68. The van der Waals surface area contributed by atoms with Gasteiger partial charge in [-0.2, -0.15) is 0 Å². The van der Waals surface area contributed by atoms with Gasteiger partial charge < -0.3 is 9.88 Å². The third-order valence-electron chi connectivity index (χ3n) is 8.28. The molecule has 32 heavy (non-hydrogen) atoms. The van der Waals surface area contributed by atoms with E-state index in [1.165, 1.54) is 25.5 Å². The summed E-state index contributed by atoms with van der Waals surface area (Å²) in [6.45, 7) is 11.5. The largest absolute Gasteiger partial charge is 0.348 e.